The minimum absolute atomic E-state index is 0.0674. The van der Waals surface area contributed by atoms with Crippen LogP contribution in [0.4, 0.5) is 33.2 Å². The number of nitrogens with zero attached hydrogens (tertiary/aromatic N) is 9. The molecule has 2 N–H and O–H groups in total. The van der Waals surface area contributed by atoms with Gasteiger partial charge in [-0.1, -0.05) is 7.92 Å². The Hall–Kier alpha value is -3.97. The number of benzene rings is 2. The van der Waals surface area contributed by atoms with E-state index in [0.717, 1.165) is 78.0 Å². The number of aryl methyl sites for hydroxylation is 1. The monoisotopic (exact) mass is 761 g/mol. The van der Waals surface area contributed by atoms with Crippen molar-refractivity contribution in [1.29, 1.82) is 0 Å². The highest BCUT2D eigenvalue weighted by Gasteiger charge is 2.35. The molecule has 0 bridgehead atoms. The van der Waals surface area contributed by atoms with E-state index in [1.165, 1.54) is 0 Å². The van der Waals surface area contributed by atoms with E-state index in [4.69, 9.17) is 9.72 Å². The van der Waals surface area contributed by atoms with Crippen LogP contribution in [0.2, 0.25) is 0 Å². The summed E-state index contributed by atoms with van der Waals surface area (Å²) in [5.74, 6) is 1.58. The van der Waals surface area contributed by atoms with E-state index >= 15 is 4.39 Å². The highest BCUT2D eigenvalue weighted by molar-refractivity contribution is 9.10. The maximum Gasteiger partial charge on any atom is 0.229 e. The van der Waals surface area contributed by atoms with Gasteiger partial charge in [-0.3, -0.25) is 19.5 Å². The van der Waals surface area contributed by atoms with Crippen molar-refractivity contribution >= 4 is 69.0 Å². The molecule has 2 aromatic carbocycles. The molecular formula is C35H42BrFN11OP. The summed E-state index contributed by atoms with van der Waals surface area (Å²) >= 11 is 3.63. The number of hydrogen-bond donors (Lipinski definition) is 2. The summed E-state index contributed by atoms with van der Waals surface area (Å²) in [6.45, 7) is 9.21. The first-order chi connectivity index (χ1) is 24.2. The normalized spacial score (nSPS) is 18.9. The molecule has 262 valence electrons. The molecule has 2 aliphatic rings. The van der Waals surface area contributed by atoms with Crippen LogP contribution in [0, 0.1) is 0 Å². The highest BCUT2D eigenvalue weighted by atomic mass is 79.9. The van der Waals surface area contributed by atoms with Crippen LogP contribution >= 0.6 is 23.9 Å². The summed E-state index contributed by atoms with van der Waals surface area (Å²) in [5.41, 5.74) is 6.08. The Labute approximate surface area is 301 Å². The van der Waals surface area contributed by atoms with Crippen LogP contribution in [0.3, 0.4) is 0 Å². The smallest absolute Gasteiger partial charge is 0.229 e. The molecule has 0 radical (unpaired) electrons. The number of rotatable bonds is 9. The van der Waals surface area contributed by atoms with E-state index in [1.54, 1.807) is 30.4 Å². The molecule has 0 aliphatic carbocycles. The van der Waals surface area contributed by atoms with Gasteiger partial charge in [-0.15, -0.1) is 0 Å². The summed E-state index contributed by atoms with van der Waals surface area (Å²) in [7, 11) is 5.14. The molecule has 12 nitrogen and oxygen atoms in total. The lowest BCUT2D eigenvalue weighted by Crippen LogP contribution is -2.57. The zero-order valence-corrected chi connectivity index (χ0v) is 31.4. The third kappa shape index (κ3) is 7.12. The first-order valence-corrected chi connectivity index (χ1v) is 19.7. The number of hydrogen-bond acceptors (Lipinski definition) is 11. The van der Waals surface area contributed by atoms with E-state index in [2.05, 4.69) is 81.7 Å². The molecular weight excluding hydrogens is 720 g/mol. The molecule has 2 aliphatic heterocycles. The van der Waals surface area contributed by atoms with Gasteiger partial charge in [0.05, 0.1) is 41.0 Å². The third-order valence-corrected chi connectivity index (χ3v) is 11.4. The van der Waals surface area contributed by atoms with Gasteiger partial charge in [0.2, 0.25) is 5.95 Å². The molecule has 5 aromatic rings. The van der Waals surface area contributed by atoms with Crippen LogP contribution in [0.1, 0.15) is 6.42 Å². The minimum Gasteiger partial charge on any atom is -0.494 e. The molecule has 5 heterocycles. The van der Waals surface area contributed by atoms with E-state index in [1.807, 2.05) is 43.7 Å². The maximum absolute atomic E-state index is 15.9. The number of anilines is 5. The zero-order chi connectivity index (χ0) is 34.9. The van der Waals surface area contributed by atoms with Gasteiger partial charge in [0, 0.05) is 104 Å². The molecule has 3 aromatic heterocycles. The number of piperidine rings is 1. The van der Waals surface area contributed by atoms with Crippen molar-refractivity contribution in [2.75, 3.05) is 82.3 Å². The fourth-order valence-electron chi connectivity index (χ4n) is 6.90. The van der Waals surface area contributed by atoms with Crippen molar-refractivity contribution in [3.8, 4) is 16.9 Å². The van der Waals surface area contributed by atoms with Crippen LogP contribution < -0.4 is 25.6 Å². The van der Waals surface area contributed by atoms with Gasteiger partial charge in [0.1, 0.15) is 17.7 Å². The first kappa shape index (κ1) is 34.5. The standard InChI is InChI=1S/C35H42BrFN11OP/c1-45-12-14-47(15-13-45)29-8-11-48(21-25(29)37)30-17-31(49-3)28(16-23(30)22-18-41-46(2)20-22)43-35-40-19-24(36)34(44-35)42-27-7-6-26-32(33(27)50(4)5)39-10-9-38-26/h6-7,9-10,16-20,25,29H,8,11-15,21H2,1-5H3,(H2,40,42,43,44). The number of nitrogens with one attached hydrogen (secondary N) is 2. The number of likely N-dealkylation sites (N-methyl/N-ethyl adjacent to an activating group) is 1. The van der Waals surface area contributed by atoms with E-state index < -0.39 is 14.1 Å². The van der Waals surface area contributed by atoms with Gasteiger partial charge in [-0.25, -0.2) is 9.37 Å². The Morgan fingerprint density at radius 2 is 1.76 bits per heavy atom. The summed E-state index contributed by atoms with van der Waals surface area (Å²) in [6.07, 6.45) is 8.74. The Balaban J connectivity index is 1.19. The average molecular weight is 763 g/mol. The van der Waals surface area contributed by atoms with Crippen LogP contribution in [-0.2, 0) is 7.05 Å². The predicted octanol–water partition coefficient (Wildman–Crippen LogP) is 5.61. The summed E-state index contributed by atoms with van der Waals surface area (Å²) < 4.78 is 24.3. The average Bonchev–Trinajstić information content (AvgIpc) is 3.55. The SMILES string of the molecule is COc1cc(N2CCC(N3CCN(C)CC3)C(F)C2)c(-c2cnn(C)c2)cc1Nc1ncc(Br)c(Nc2ccc3nccnc3c2P(C)C)n1. The van der Waals surface area contributed by atoms with Crippen LogP contribution in [0.25, 0.3) is 22.2 Å². The van der Waals surface area contributed by atoms with Crippen LogP contribution in [0.5, 0.6) is 5.75 Å². The predicted molar refractivity (Wildman–Crippen MR) is 204 cm³/mol. The molecule has 50 heavy (non-hydrogen) atoms. The summed E-state index contributed by atoms with van der Waals surface area (Å²) in [6, 6.07) is 7.92. The second kappa shape index (κ2) is 14.7. The summed E-state index contributed by atoms with van der Waals surface area (Å²) in [4.78, 5) is 25.3. The number of aromatic nitrogens is 6. The molecule has 15 heteroatoms. The Bertz CT molecular complexity index is 1990. The zero-order valence-electron chi connectivity index (χ0n) is 28.9. The quantitative estimate of drug-likeness (QED) is 0.183. The van der Waals surface area contributed by atoms with Crippen LogP contribution in [-0.4, -0.2) is 118 Å². The van der Waals surface area contributed by atoms with Crippen LogP contribution in [0.15, 0.2) is 59.7 Å². The Morgan fingerprint density at radius 3 is 2.48 bits per heavy atom. The summed E-state index contributed by atoms with van der Waals surface area (Å²) in [5, 5.41) is 12.5. The molecule has 0 spiro atoms. The lowest BCUT2D eigenvalue weighted by atomic mass is 9.97. The van der Waals surface area contributed by atoms with E-state index in [9.17, 15) is 0 Å². The number of piperazine rings is 1. The lowest BCUT2D eigenvalue weighted by Gasteiger charge is -2.44. The van der Waals surface area contributed by atoms with Crippen molar-refractivity contribution in [3.63, 3.8) is 0 Å². The molecule has 2 unspecified atom stereocenters. The number of methoxy groups -OCH3 is 1. The number of ether oxygens (including phenoxy) is 1. The molecule has 2 fully saturated rings. The van der Waals surface area contributed by atoms with Gasteiger partial charge < -0.3 is 25.2 Å². The lowest BCUT2D eigenvalue weighted by molar-refractivity contribution is 0.0532. The maximum atomic E-state index is 15.9. The number of halogens is 2. The first-order valence-electron chi connectivity index (χ1n) is 16.7. The minimum atomic E-state index is -0.966. The van der Waals surface area contributed by atoms with Gasteiger partial charge in [-0.2, -0.15) is 10.1 Å². The Kier molecular flexibility index (Phi) is 10.1. The molecule has 7 rings (SSSR count). The Morgan fingerprint density at radius 1 is 0.960 bits per heavy atom. The van der Waals surface area contributed by atoms with Crippen molar-refractivity contribution in [2.45, 2.75) is 18.6 Å². The van der Waals surface area contributed by atoms with E-state index in [-0.39, 0.29) is 6.04 Å². The second-order valence-electron chi connectivity index (χ2n) is 13.0. The molecule has 2 atom stereocenters. The van der Waals surface area contributed by atoms with E-state index in [0.29, 0.717) is 34.2 Å². The largest absolute Gasteiger partial charge is 0.494 e. The topological polar surface area (TPSA) is 112 Å². The molecule has 0 amide bonds. The second-order valence-corrected chi connectivity index (χ2v) is 16.1. The van der Waals surface area contributed by atoms with Gasteiger partial charge >= 0.3 is 0 Å². The van der Waals surface area contributed by atoms with Crippen molar-refractivity contribution in [1.82, 2.24) is 39.5 Å². The third-order valence-electron chi connectivity index (χ3n) is 9.49. The number of alkyl halides is 1. The molecule has 0 saturated carbocycles. The fraction of sp³-hybridized carbons (Fsp3) is 0.400. The van der Waals surface area contributed by atoms with Gasteiger partial charge in [0.15, 0.2) is 0 Å². The van der Waals surface area contributed by atoms with Crippen molar-refractivity contribution < 1.29 is 9.13 Å². The van der Waals surface area contributed by atoms with Gasteiger partial charge in [-0.05, 0) is 60.9 Å². The van der Waals surface area contributed by atoms with Crippen molar-refractivity contribution in [3.05, 3.63) is 59.7 Å². The van der Waals surface area contributed by atoms with Gasteiger partial charge in [0.25, 0.3) is 0 Å². The fourth-order valence-corrected chi connectivity index (χ4v) is 8.40. The number of fused-ring (bicyclic) bond motifs is 1. The highest BCUT2D eigenvalue weighted by Crippen LogP contribution is 2.42. The van der Waals surface area contributed by atoms with Crippen molar-refractivity contribution in [2.24, 2.45) is 7.05 Å². The molecule has 2 saturated heterocycles.